The van der Waals surface area contributed by atoms with Crippen LogP contribution in [0.1, 0.15) is 28.7 Å². The summed E-state index contributed by atoms with van der Waals surface area (Å²) >= 11 is 0. The fourth-order valence-electron chi connectivity index (χ4n) is 3.18. The highest BCUT2D eigenvalue weighted by molar-refractivity contribution is 5.98. The molecule has 1 unspecified atom stereocenters. The molecule has 9 heteroatoms. The molecule has 1 aromatic heterocycles. The summed E-state index contributed by atoms with van der Waals surface area (Å²) in [6.45, 7) is 4.93. The van der Waals surface area contributed by atoms with Crippen molar-refractivity contribution >= 4 is 23.3 Å². The molecule has 0 saturated carbocycles. The van der Waals surface area contributed by atoms with Crippen molar-refractivity contribution in [2.24, 2.45) is 0 Å². The van der Waals surface area contributed by atoms with Crippen molar-refractivity contribution in [1.82, 2.24) is 4.57 Å². The average Bonchev–Trinajstić information content (AvgIpc) is 3.03. The number of esters is 1. The van der Waals surface area contributed by atoms with Gasteiger partial charge in [-0.05, 0) is 57.2 Å². The largest absolute Gasteiger partial charge is 0.449 e. The number of carbonyl (C=O) groups is 2. The van der Waals surface area contributed by atoms with Crippen molar-refractivity contribution in [3.8, 4) is 5.69 Å². The van der Waals surface area contributed by atoms with Crippen molar-refractivity contribution in [1.29, 1.82) is 0 Å². The fraction of sp³-hybridized carbons (Fsp3) is 0.182. The zero-order valence-electron chi connectivity index (χ0n) is 17.1. The molecule has 0 aliphatic rings. The van der Waals surface area contributed by atoms with E-state index in [9.17, 15) is 24.1 Å². The highest BCUT2D eigenvalue weighted by atomic mass is 19.1. The van der Waals surface area contributed by atoms with E-state index in [0.717, 1.165) is 5.69 Å². The summed E-state index contributed by atoms with van der Waals surface area (Å²) in [6, 6.07) is 12.9. The van der Waals surface area contributed by atoms with Gasteiger partial charge < -0.3 is 14.6 Å². The number of halogens is 1. The molecule has 1 amide bonds. The van der Waals surface area contributed by atoms with E-state index in [2.05, 4.69) is 5.32 Å². The van der Waals surface area contributed by atoms with Gasteiger partial charge in [0.25, 0.3) is 11.6 Å². The van der Waals surface area contributed by atoms with Crippen LogP contribution in [0.25, 0.3) is 5.69 Å². The van der Waals surface area contributed by atoms with Gasteiger partial charge in [0.05, 0.1) is 10.5 Å². The molecule has 8 nitrogen and oxygen atoms in total. The van der Waals surface area contributed by atoms with Crippen LogP contribution >= 0.6 is 0 Å². The molecule has 0 aliphatic heterocycles. The standard InChI is InChI=1S/C22H20FN3O5/c1-13-11-20(14(2)25(13)18-9-7-16(23)8-10-18)22(28)31-15(3)21(27)24-17-5-4-6-19(12-17)26(29)30/h4-12,15H,1-3H3,(H,24,27). The maximum Gasteiger partial charge on any atom is 0.340 e. The molecule has 3 aromatic rings. The smallest absolute Gasteiger partial charge is 0.340 e. The van der Waals surface area contributed by atoms with E-state index in [4.69, 9.17) is 4.74 Å². The summed E-state index contributed by atoms with van der Waals surface area (Å²) < 4.78 is 20.3. The van der Waals surface area contributed by atoms with Gasteiger partial charge in [-0.2, -0.15) is 0 Å². The van der Waals surface area contributed by atoms with E-state index in [0.29, 0.717) is 11.4 Å². The summed E-state index contributed by atoms with van der Waals surface area (Å²) in [6.07, 6.45) is -1.14. The number of anilines is 1. The Balaban J connectivity index is 1.73. The summed E-state index contributed by atoms with van der Waals surface area (Å²) in [7, 11) is 0. The summed E-state index contributed by atoms with van der Waals surface area (Å²) in [5.41, 5.74) is 2.33. The van der Waals surface area contributed by atoms with Gasteiger partial charge in [0.1, 0.15) is 5.82 Å². The molecule has 1 N–H and O–H groups in total. The third-order valence-electron chi connectivity index (χ3n) is 4.71. The van der Waals surface area contributed by atoms with Gasteiger partial charge in [-0.15, -0.1) is 0 Å². The predicted octanol–water partition coefficient (Wildman–Crippen LogP) is 4.33. The number of non-ortho nitro benzene ring substituents is 1. The molecule has 3 rings (SSSR count). The normalized spacial score (nSPS) is 11.6. The van der Waals surface area contributed by atoms with Gasteiger partial charge in [-0.3, -0.25) is 14.9 Å². The molecule has 0 saturated heterocycles. The molecular weight excluding hydrogens is 405 g/mol. The van der Waals surface area contributed by atoms with Crippen molar-refractivity contribution in [3.63, 3.8) is 0 Å². The van der Waals surface area contributed by atoms with Crippen molar-refractivity contribution in [2.45, 2.75) is 26.9 Å². The van der Waals surface area contributed by atoms with Gasteiger partial charge in [-0.1, -0.05) is 6.07 Å². The van der Waals surface area contributed by atoms with Crippen LogP contribution in [0.15, 0.2) is 54.6 Å². The summed E-state index contributed by atoms with van der Waals surface area (Å²) in [5.74, 6) is -1.68. The molecule has 1 atom stereocenters. The summed E-state index contributed by atoms with van der Waals surface area (Å²) in [5, 5.41) is 13.4. The number of amides is 1. The van der Waals surface area contributed by atoms with Gasteiger partial charge >= 0.3 is 5.97 Å². The molecule has 1 heterocycles. The van der Waals surface area contributed by atoms with Crippen LogP contribution < -0.4 is 5.32 Å². The number of nitro benzene ring substituents is 1. The molecule has 2 aromatic carbocycles. The van der Waals surface area contributed by atoms with Crippen molar-refractivity contribution in [2.75, 3.05) is 5.32 Å². The predicted molar refractivity (Wildman–Crippen MR) is 112 cm³/mol. The Morgan fingerprint density at radius 1 is 1.13 bits per heavy atom. The zero-order valence-corrected chi connectivity index (χ0v) is 17.1. The second-order valence-electron chi connectivity index (χ2n) is 6.94. The maximum absolute atomic E-state index is 13.2. The Kier molecular flexibility index (Phi) is 6.15. The number of benzene rings is 2. The van der Waals surface area contributed by atoms with E-state index in [-0.39, 0.29) is 22.8 Å². The number of rotatable bonds is 6. The lowest BCUT2D eigenvalue weighted by Crippen LogP contribution is -2.30. The second-order valence-corrected chi connectivity index (χ2v) is 6.94. The van der Waals surface area contributed by atoms with Crippen LogP contribution in [-0.4, -0.2) is 27.5 Å². The van der Waals surface area contributed by atoms with Gasteiger partial charge in [0, 0.05) is 34.9 Å². The molecule has 31 heavy (non-hydrogen) atoms. The molecule has 160 valence electrons. The van der Waals surface area contributed by atoms with Crippen molar-refractivity contribution < 1.29 is 23.6 Å². The minimum absolute atomic E-state index is 0.171. The molecule has 0 radical (unpaired) electrons. The first kappa shape index (κ1) is 21.7. The number of hydrogen-bond donors (Lipinski definition) is 1. The minimum Gasteiger partial charge on any atom is -0.449 e. The number of aromatic nitrogens is 1. The van der Waals surface area contributed by atoms with E-state index in [1.165, 1.54) is 43.3 Å². The second kappa shape index (κ2) is 8.78. The van der Waals surface area contributed by atoms with Gasteiger partial charge in [0.2, 0.25) is 0 Å². The highest BCUT2D eigenvalue weighted by Crippen LogP contribution is 2.23. The van der Waals surface area contributed by atoms with Crippen LogP contribution in [0.3, 0.4) is 0 Å². The third-order valence-corrected chi connectivity index (χ3v) is 4.71. The number of nitro groups is 1. The van der Waals surface area contributed by atoms with Crippen LogP contribution in [0.2, 0.25) is 0 Å². The first-order valence-electron chi connectivity index (χ1n) is 9.38. The quantitative estimate of drug-likeness (QED) is 0.360. The number of carbonyl (C=O) groups excluding carboxylic acids is 2. The third kappa shape index (κ3) is 4.77. The molecular formula is C22H20FN3O5. The summed E-state index contributed by atoms with van der Waals surface area (Å²) in [4.78, 5) is 35.3. The minimum atomic E-state index is -1.14. The lowest BCUT2D eigenvalue weighted by molar-refractivity contribution is -0.384. The van der Waals surface area contributed by atoms with Crippen molar-refractivity contribution in [3.05, 3.63) is 87.5 Å². The van der Waals surface area contributed by atoms with Crippen LogP contribution in [0.4, 0.5) is 15.8 Å². The fourth-order valence-corrected chi connectivity index (χ4v) is 3.18. The first-order chi connectivity index (χ1) is 14.7. The number of ether oxygens (including phenoxy) is 1. The van der Waals surface area contributed by atoms with E-state index in [1.54, 1.807) is 36.6 Å². The Morgan fingerprint density at radius 3 is 2.45 bits per heavy atom. The van der Waals surface area contributed by atoms with E-state index < -0.39 is 22.9 Å². The Bertz CT molecular complexity index is 1150. The SMILES string of the molecule is Cc1cc(C(=O)OC(C)C(=O)Nc2cccc([N+](=O)[O-])c2)c(C)n1-c1ccc(F)cc1. The van der Waals surface area contributed by atoms with E-state index in [1.807, 2.05) is 0 Å². The monoisotopic (exact) mass is 425 g/mol. The van der Waals surface area contributed by atoms with Crippen LogP contribution in [0, 0.1) is 29.8 Å². The van der Waals surface area contributed by atoms with Gasteiger partial charge in [-0.25, -0.2) is 9.18 Å². The lowest BCUT2D eigenvalue weighted by atomic mass is 10.2. The Hall–Kier alpha value is -4.01. The highest BCUT2D eigenvalue weighted by Gasteiger charge is 2.23. The van der Waals surface area contributed by atoms with Crippen LogP contribution in [0.5, 0.6) is 0 Å². The molecule has 0 bridgehead atoms. The zero-order chi connectivity index (χ0) is 22.7. The Morgan fingerprint density at radius 2 is 1.81 bits per heavy atom. The topological polar surface area (TPSA) is 103 Å². The molecule has 0 aliphatic carbocycles. The van der Waals surface area contributed by atoms with Gasteiger partial charge in [0.15, 0.2) is 6.10 Å². The first-order valence-corrected chi connectivity index (χ1v) is 9.38. The molecule has 0 fully saturated rings. The number of hydrogen-bond acceptors (Lipinski definition) is 5. The number of nitrogens with zero attached hydrogens (tertiary/aromatic N) is 2. The maximum atomic E-state index is 13.2. The van der Waals surface area contributed by atoms with E-state index >= 15 is 0 Å². The average molecular weight is 425 g/mol. The van der Waals surface area contributed by atoms with Crippen LogP contribution in [-0.2, 0) is 9.53 Å². The molecule has 0 spiro atoms. The number of aryl methyl sites for hydroxylation is 1. The number of nitrogens with one attached hydrogen (secondary N) is 1. The lowest BCUT2D eigenvalue weighted by Gasteiger charge is -2.14. The Labute approximate surface area is 177 Å².